The first kappa shape index (κ1) is 26.0. The lowest BCUT2D eigenvalue weighted by Gasteiger charge is -2.15. The second-order valence-corrected chi connectivity index (χ2v) is 7.74. The molecule has 0 aliphatic rings. The van der Waals surface area contributed by atoms with Crippen molar-refractivity contribution in [1.82, 2.24) is 5.32 Å². The lowest BCUT2D eigenvalue weighted by Crippen LogP contribution is -2.25. The number of esters is 1. The fourth-order valence-corrected chi connectivity index (χ4v) is 2.90. The number of rotatable bonds is 17. The molecule has 0 aliphatic carbocycles. The summed E-state index contributed by atoms with van der Waals surface area (Å²) in [5.74, 6) is -0.706. The first-order valence-corrected chi connectivity index (χ1v) is 11.0. The number of hydrogen-bond acceptors (Lipinski definition) is 7. The van der Waals surface area contributed by atoms with E-state index >= 15 is 0 Å². The summed E-state index contributed by atoms with van der Waals surface area (Å²) in [6, 6.07) is 0. The van der Waals surface area contributed by atoms with Gasteiger partial charge in [0.05, 0.1) is 13.2 Å². The van der Waals surface area contributed by atoms with Crippen LogP contribution in [-0.2, 0) is 27.9 Å². The SMILES string of the molecule is CCCCCCCCCC(=O)OCC(O)COP(=O)(O)OCCNC(C)=O. The predicted octanol–water partition coefficient (Wildman–Crippen LogP) is 2.30. The molecule has 0 rings (SSSR count). The van der Waals surface area contributed by atoms with Crippen LogP contribution in [0.2, 0.25) is 0 Å². The fraction of sp³-hybridized carbons (Fsp3) is 0.882. The number of carbonyl (C=O) groups excluding carboxylic acids is 2. The maximum absolute atomic E-state index is 11.6. The van der Waals surface area contributed by atoms with Gasteiger partial charge in [-0.25, -0.2) is 4.57 Å². The molecule has 9 nitrogen and oxygen atoms in total. The van der Waals surface area contributed by atoms with Gasteiger partial charge in [0, 0.05) is 19.9 Å². The second-order valence-electron chi connectivity index (χ2n) is 6.29. The van der Waals surface area contributed by atoms with Crippen LogP contribution >= 0.6 is 7.82 Å². The number of aliphatic hydroxyl groups excluding tert-OH is 1. The van der Waals surface area contributed by atoms with Crippen LogP contribution in [0.15, 0.2) is 0 Å². The number of phosphoric acid groups is 1. The molecule has 2 unspecified atom stereocenters. The van der Waals surface area contributed by atoms with E-state index in [0.29, 0.717) is 0 Å². The molecule has 1 amide bonds. The van der Waals surface area contributed by atoms with Crippen molar-refractivity contribution < 1.29 is 37.9 Å². The van der Waals surface area contributed by atoms with Gasteiger partial charge in [0.15, 0.2) is 0 Å². The van der Waals surface area contributed by atoms with E-state index in [9.17, 15) is 24.2 Å². The zero-order valence-corrected chi connectivity index (χ0v) is 17.2. The molecule has 0 saturated heterocycles. The van der Waals surface area contributed by atoms with Crippen molar-refractivity contribution in [3.63, 3.8) is 0 Å². The Hall–Kier alpha value is -0.990. The van der Waals surface area contributed by atoms with Gasteiger partial charge in [-0.1, -0.05) is 45.4 Å². The van der Waals surface area contributed by atoms with Crippen LogP contribution in [0, 0.1) is 0 Å². The van der Waals surface area contributed by atoms with Crippen LogP contribution in [0.4, 0.5) is 0 Å². The number of unbranched alkanes of at least 4 members (excludes halogenated alkanes) is 6. The maximum atomic E-state index is 11.6. The monoisotopic (exact) mass is 411 g/mol. The van der Waals surface area contributed by atoms with Gasteiger partial charge in [0.2, 0.25) is 5.91 Å². The van der Waals surface area contributed by atoms with Gasteiger partial charge in [-0.3, -0.25) is 18.6 Å². The largest absolute Gasteiger partial charge is 0.472 e. The minimum Gasteiger partial charge on any atom is -0.463 e. The average molecular weight is 411 g/mol. The Bertz CT molecular complexity index is 460. The zero-order chi connectivity index (χ0) is 20.5. The van der Waals surface area contributed by atoms with Crippen LogP contribution in [0.5, 0.6) is 0 Å². The smallest absolute Gasteiger partial charge is 0.463 e. The normalized spacial score (nSPS) is 14.4. The molecule has 0 aliphatic heterocycles. The van der Waals surface area contributed by atoms with Crippen molar-refractivity contribution in [1.29, 1.82) is 0 Å². The van der Waals surface area contributed by atoms with Gasteiger partial charge in [0.25, 0.3) is 0 Å². The first-order valence-electron chi connectivity index (χ1n) is 9.47. The van der Waals surface area contributed by atoms with Crippen molar-refractivity contribution in [2.75, 3.05) is 26.4 Å². The Morgan fingerprint density at radius 2 is 1.67 bits per heavy atom. The number of aliphatic hydroxyl groups is 1. The molecular formula is C17H34NO8P. The number of ether oxygens (including phenoxy) is 1. The minimum absolute atomic E-state index is 0.0576. The maximum Gasteiger partial charge on any atom is 0.472 e. The number of nitrogens with one attached hydrogen (secondary N) is 1. The molecule has 160 valence electrons. The molecule has 0 bridgehead atoms. The topological polar surface area (TPSA) is 131 Å². The van der Waals surface area contributed by atoms with Crippen LogP contribution in [-0.4, -0.2) is 54.3 Å². The third-order valence-electron chi connectivity index (χ3n) is 3.58. The van der Waals surface area contributed by atoms with E-state index in [4.69, 9.17) is 4.74 Å². The van der Waals surface area contributed by atoms with Gasteiger partial charge < -0.3 is 20.1 Å². The zero-order valence-electron chi connectivity index (χ0n) is 16.4. The van der Waals surface area contributed by atoms with Crippen LogP contribution in [0.25, 0.3) is 0 Å². The van der Waals surface area contributed by atoms with Crippen molar-refractivity contribution >= 4 is 19.7 Å². The molecule has 2 atom stereocenters. The Kier molecular flexibility index (Phi) is 15.4. The number of carbonyl (C=O) groups is 2. The molecule has 0 heterocycles. The van der Waals surface area contributed by atoms with Gasteiger partial charge in [0.1, 0.15) is 12.7 Å². The standard InChI is InChI=1S/C17H34NO8P/c1-3-4-5-6-7-8-9-10-17(21)24-13-16(20)14-26-27(22,23)25-12-11-18-15(2)19/h16,20H,3-14H2,1-2H3,(H,18,19)(H,22,23). The van der Waals surface area contributed by atoms with E-state index in [1.807, 2.05) is 0 Å². The molecule has 10 heteroatoms. The van der Waals surface area contributed by atoms with Crippen molar-refractivity contribution in [2.24, 2.45) is 0 Å². The van der Waals surface area contributed by atoms with Gasteiger partial charge in [-0.2, -0.15) is 0 Å². The van der Waals surface area contributed by atoms with E-state index in [0.717, 1.165) is 19.3 Å². The predicted molar refractivity (Wildman–Crippen MR) is 100.0 cm³/mol. The Morgan fingerprint density at radius 3 is 2.30 bits per heavy atom. The summed E-state index contributed by atoms with van der Waals surface area (Å²) in [4.78, 5) is 31.6. The number of hydrogen-bond donors (Lipinski definition) is 3. The Balaban J connectivity index is 3.70. The average Bonchev–Trinajstić information content (AvgIpc) is 2.61. The molecule has 0 aromatic rings. The van der Waals surface area contributed by atoms with E-state index < -0.39 is 26.5 Å². The summed E-state index contributed by atoms with van der Waals surface area (Å²) >= 11 is 0. The quantitative estimate of drug-likeness (QED) is 0.189. The summed E-state index contributed by atoms with van der Waals surface area (Å²) < 4.78 is 25.7. The molecule has 0 aromatic carbocycles. The highest BCUT2D eigenvalue weighted by Gasteiger charge is 2.23. The molecular weight excluding hydrogens is 377 g/mol. The Morgan fingerprint density at radius 1 is 1.04 bits per heavy atom. The summed E-state index contributed by atoms with van der Waals surface area (Å²) in [5.41, 5.74) is 0. The summed E-state index contributed by atoms with van der Waals surface area (Å²) in [5, 5.41) is 12.0. The number of phosphoric ester groups is 1. The molecule has 0 saturated carbocycles. The summed E-state index contributed by atoms with van der Waals surface area (Å²) in [7, 11) is -4.34. The van der Waals surface area contributed by atoms with E-state index in [1.165, 1.54) is 32.6 Å². The lowest BCUT2D eigenvalue weighted by atomic mass is 10.1. The second kappa shape index (κ2) is 16.0. The molecule has 0 spiro atoms. The summed E-state index contributed by atoms with van der Waals surface area (Å²) in [6.07, 6.45) is 6.69. The Labute approximate surface area is 161 Å². The molecule has 0 aromatic heterocycles. The van der Waals surface area contributed by atoms with Crippen LogP contribution in [0.1, 0.15) is 65.2 Å². The molecule has 3 N–H and O–H groups in total. The van der Waals surface area contributed by atoms with E-state index in [2.05, 4.69) is 21.3 Å². The van der Waals surface area contributed by atoms with Crippen LogP contribution < -0.4 is 5.32 Å². The van der Waals surface area contributed by atoms with Crippen LogP contribution in [0.3, 0.4) is 0 Å². The highest BCUT2D eigenvalue weighted by molar-refractivity contribution is 7.47. The third-order valence-corrected chi connectivity index (χ3v) is 4.57. The number of amides is 1. The first-order chi connectivity index (χ1) is 12.8. The molecule has 0 fully saturated rings. The minimum atomic E-state index is -4.34. The molecule has 0 radical (unpaired) electrons. The highest BCUT2D eigenvalue weighted by Crippen LogP contribution is 2.42. The highest BCUT2D eigenvalue weighted by atomic mass is 31.2. The molecule has 27 heavy (non-hydrogen) atoms. The van der Waals surface area contributed by atoms with Gasteiger partial charge >= 0.3 is 13.8 Å². The van der Waals surface area contributed by atoms with Crippen molar-refractivity contribution in [3.05, 3.63) is 0 Å². The fourth-order valence-electron chi connectivity index (χ4n) is 2.14. The summed E-state index contributed by atoms with van der Waals surface area (Å²) in [6.45, 7) is 2.48. The third kappa shape index (κ3) is 18.2. The van der Waals surface area contributed by atoms with E-state index in [-0.39, 0.29) is 32.1 Å². The lowest BCUT2D eigenvalue weighted by molar-refractivity contribution is -0.147. The van der Waals surface area contributed by atoms with E-state index in [1.54, 1.807) is 0 Å². The van der Waals surface area contributed by atoms with Gasteiger partial charge in [-0.05, 0) is 6.42 Å². The van der Waals surface area contributed by atoms with Crippen molar-refractivity contribution in [3.8, 4) is 0 Å². The van der Waals surface area contributed by atoms with Gasteiger partial charge in [-0.15, -0.1) is 0 Å². The van der Waals surface area contributed by atoms with Crippen molar-refractivity contribution in [2.45, 2.75) is 71.3 Å².